The fourth-order valence-electron chi connectivity index (χ4n) is 6.33. The van der Waals surface area contributed by atoms with E-state index in [1.807, 2.05) is 60.1 Å². The smallest absolute Gasteiger partial charge is 0.201 e. The Hall–Kier alpha value is -3.78. The number of hydrogen-bond donors (Lipinski definition) is 0. The molecule has 0 amide bonds. The van der Waals surface area contributed by atoms with Crippen LogP contribution in [-0.4, -0.2) is 29.4 Å². The van der Waals surface area contributed by atoms with Gasteiger partial charge < -0.3 is 9.30 Å². The van der Waals surface area contributed by atoms with Crippen molar-refractivity contribution in [3.05, 3.63) is 123 Å². The minimum atomic E-state index is -0.311. The van der Waals surface area contributed by atoms with E-state index in [0.29, 0.717) is 24.0 Å². The molecule has 1 fully saturated rings. The van der Waals surface area contributed by atoms with E-state index in [1.54, 1.807) is 25.4 Å². The molecule has 234 valence electrons. The molecule has 5 nitrogen and oxygen atoms in total. The lowest BCUT2D eigenvalue weighted by Crippen LogP contribution is -2.26. The van der Waals surface area contributed by atoms with Crippen LogP contribution in [0.5, 0.6) is 5.75 Å². The van der Waals surface area contributed by atoms with Crippen molar-refractivity contribution in [3.63, 3.8) is 0 Å². The van der Waals surface area contributed by atoms with Gasteiger partial charge in [-0.15, -0.1) is 23.7 Å². The number of ether oxygens (including phenoxy) is 1. The predicted molar refractivity (Wildman–Crippen MR) is 183 cm³/mol. The first-order valence-electron chi connectivity index (χ1n) is 15.3. The highest BCUT2D eigenvalue weighted by atomic mass is 35.5. The molecule has 0 aliphatic heterocycles. The van der Waals surface area contributed by atoms with Crippen molar-refractivity contribution in [1.82, 2.24) is 9.47 Å². The molecule has 0 spiro atoms. The number of fused-ring (bicyclic) bond motifs is 1. The molecule has 1 aliphatic rings. The Labute approximate surface area is 273 Å². The number of carbonyl (C=O) groups excluding carboxylic acids is 1. The van der Waals surface area contributed by atoms with Crippen LogP contribution in [0, 0.1) is 11.7 Å². The van der Waals surface area contributed by atoms with Crippen molar-refractivity contribution in [2.45, 2.75) is 51.7 Å². The molecule has 0 radical (unpaired) electrons. The fourth-order valence-corrected chi connectivity index (χ4v) is 7.62. The van der Waals surface area contributed by atoms with Gasteiger partial charge in [0, 0.05) is 35.6 Å². The van der Waals surface area contributed by atoms with Crippen LogP contribution in [0.2, 0.25) is 0 Å². The molecule has 2 aromatic heterocycles. The number of thiophene rings is 1. The highest BCUT2D eigenvalue weighted by Crippen LogP contribution is 2.40. The maximum atomic E-state index is 14.9. The summed E-state index contributed by atoms with van der Waals surface area (Å²) in [6, 6.07) is 24.8. The van der Waals surface area contributed by atoms with Gasteiger partial charge in [-0.2, -0.15) is 0 Å². The van der Waals surface area contributed by atoms with Crippen molar-refractivity contribution in [3.8, 4) is 16.2 Å². The van der Waals surface area contributed by atoms with E-state index < -0.39 is 0 Å². The zero-order valence-electron chi connectivity index (χ0n) is 25.6. The normalized spacial score (nSPS) is 13.6. The van der Waals surface area contributed by atoms with E-state index in [0.717, 1.165) is 58.7 Å². The topological polar surface area (TPSA) is 51.5 Å². The molecule has 2 heterocycles. The van der Waals surface area contributed by atoms with Crippen LogP contribution in [0.4, 0.5) is 4.39 Å². The van der Waals surface area contributed by atoms with Crippen LogP contribution < -0.4 is 10.2 Å². The number of benzene rings is 3. The van der Waals surface area contributed by atoms with E-state index in [1.165, 1.54) is 23.0 Å². The second-order valence-corrected chi connectivity index (χ2v) is 12.8. The molecule has 0 unspecified atom stereocenters. The molecule has 0 bridgehead atoms. The number of halogens is 2. The summed E-state index contributed by atoms with van der Waals surface area (Å²) in [5.74, 6) is 0.200. The molecule has 45 heavy (non-hydrogen) atoms. The molecule has 1 saturated carbocycles. The average Bonchev–Trinajstić information content (AvgIpc) is 3.43. The summed E-state index contributed by atoms with van der Waals surface area (Å²) in [4.78, 5) is 32.3. The number of rotatable bonds is 10. The number of nitrogens with zero attached hydrogens (tertiary/aromatic N) is 2. The summed E-state index contributed by atoms with van der Waals surface area (Å²) in [5.41, 5.74) is 3.53. The summed E-state index contributed by atoms with van der Waals surface area (Å²) in [6.45, 7) is 1.42. The van der Waals surface area contributed by atoms with E-state index in [9.17, 15) is 14.0 Å². The van der Waals surface area contributed by atoms with E-state index in [2.05, 4.69) is 17.0 Å². The summed E-state index contributed by atoms with van der Waals surface area (Å²) in [7, 11) is 3.68. The van der Waals surface area contributed by atoms with E-state index in [4.69, 9.17) is 4.74 Å². The minimum Gasteiger partial charge on any atom is -0.497 e. The van der Waals surface area contributed by atoms with E-state index >= 15 is 0 Å². The Bertz CT molecular complexity index is 1830. The number of hydrogen-bond acceptors (Lipinski definition) is 5. The lowest BCUT2D eigenvalue weighted by molar-refractivity contribution is 0.0888. The number of carbonyl (C=O) groups is 1. The maximum absolute atomic E-state index is 14.9. The molecule has 0 atom stereocenters. The second kappa shape index (κ2) is 14.5. The van der Waals surface area contributed by atoms with Crippen LogP contribution in [0.3, 0.4) is 0 Å². The first kappa shape index (κ1) is 32.6. The molecular formula is C37H38ClFN2O3S. The lowest BCUT2D eigenvalue weighted by Gasteiger charge is -2.21. The molecule has 0 saturated heterocycles. The number of aromatic nitrogens is 1. The SMILES string of the molecule is COc1ccc(-c2sc3c(c2CN(C)Cc2ccccc2)c(=O)c(C(=O)C2CCCCC2)cn3Cc2ccccc2F)cc1.Cl. The summed E-state index contributed by atoms with van der Waals surface area (Å²) in [6.07, 6.45) is 6.41. The summed E-state index contributed by atoms with van der Waals surface area (Å²) >= 11 is 1.52. The Morgan fingerprint density at radius 3 is 2.33 bits per heavy atom. The molecule has 5 aromatic rings. The third-order valence-electron chi connectivity index (χ3n) is 8.62. The maximum Gasteiger partial charge on any atom is 0.201 e. The van der Waals surface area contributed by atoms with Gasteiger partial charge in [0.15, 0.2) is 5.78 Å². The van der Waals surface area contributed by atoms with Gasteiger partial charge in [0.2, 0.25) is 5.43 Å². The Kier molecular flexibility index (Phi) is 10.5. The Balaban J connectivity index is 0.00000400. The zero-order valence-corrected chi connectivity index (χ0v) is 27.3. The van der Waals surface area contributed by atoms with Crippen LogP contribution >= 0.6 is 23.7 Å². The molecule has 8 heteroatoms. The number of ketones is 1. The third kappa shape index (κ3) is 7.06. The highest BCUT2D eigenvalue weighted by molar-refractivity contribution is 7.22. The van der Waals surface area contributed by atoms with Crippen LogP contribution in [0.15, 0.2) is 89.9 Å². The monoisotopic (exact) mass is 644 g/mol. The zero-order chi connectivity index (χ0) is 30.6. The summed E-state index contributed by atoms with van der Waals surface area (Å²) < 4.78 is 22.3. The Morgan fingerprint density at radius 2 is 1.64 bits per heavy atom. The van der Waals surface area contributed by atoms with Crippen molar-refractivity contribution >= 4 is 39.7 Å². The molecule has 1 aliphatic carbocycles. The van der Waals surface area contributed by atoms with Gasteiger partial charge in [0.25, 0.3) is 0 Å². The molecule has 3 aromatic carbocycles. The van der Waals surface area contributed by atoms with Crippen LogP contribution in [0.1, 0.15) is 59.2 Å². The van der Waals surface area contributed by atoms with Gasteiger partial charge in [-0.05, 0) is 66.9 Å². The van der Waals surface area contributed by atoms with Gasteiger partial charge in [-0.1, -0.05) is 67.8 Å². The molecule has 0 N–H and O–H groups in total. The van der Waals surface area contributed by atoms with Crippen LogP contribution in [0.25, 0.3) is 20.7 Å². The average molecular weight is 645 g/mol. The van der Waals surface area contributed by atoms with E-state index in [-0.39, 0.29) is 47.5 Å². The second-order valence-electron chi connectivity index (χ2n) is 11.8. The highest BCUT2D eigenvalue weighted by Gasteiger charge is 2.29. The van der Waals surface area contributed by atoms with Crippen molar-refractivity contribution in [1.29, 1.82) is 0 Å². The van der Waals surface area contributed by atoms with Gasteiger partial charge in [0.05, 0.1) is 24.6 Å². The van der Waals surface area contributed by atoms with Gasteiger partial charge >= 0.3 is 0 Å². The first-order chi connectivity index (χ1) is 21.4. The van der Waals surface area contributed by atoms with Gasteiger partial charge in [0.1, 0.15) is 16.4 Å². The minimum absolute atomic E-state index is 0. The van der Waals surface area contributed by atoms with Crippen molar-refractivity contribution in [2.75, 3.05) is 14.2 Å². The standard InChI is InChI=1S/C37H37FN2O3S.ClH/c1-39(21-25-11-5-3-6-12-25)23-30-33-35(42)31(34(41)26-13-7-4-8-14-26)24-40(22-28-15-9-10-16-32(28)38)37(33)44-36(30)27-17-19-29(43-2)20-18-27;/h3,5-6,9-12,15-20,24,26H,4,7-8,13-14,21-23H2,1-2H3;1H. The Morgan fingerprint density at radius 1 is 0.956 bits per heavy atom. The van der Waals surface area contributed by atoms with Crippen molar-refractivity contribution < 1.29 is 13.9 Å². The number of methoxy groups -OCH3 is 1. The predicted octanol–water partition coefficient (Wildman–Crippen LogP) is 8.74. The third-order valence-corrected chi connectivity index (χ3v) is 9.94. The van der Waals surface area contributed by atoms with Crippen molar-refractivity contribution in [2.24, 2.45) is 5.92 Å². The lowest BCUT2D eigenvalue weighted by atomic mass is 9.84. The van der Waals surface area contributed by atoms with Gasteiger partial charge in [-0.25, -0.2) is 4.39 Å². The number of Topliss-reactive ketones (excluding diaryl/α,β-unsaturated/α-hetero) is 1. The first-order valence-corrected chi connectivity index (χ1v) is 16.1. The quantitative estimate of drug-likeness (QED) is 0.143. The molecular weight excluding hydrogens is 607 g/mol. The largest absolute Gasteiger partial charge is 0.497 e. The van der Waals surface area contributed by atoms with Gasteiger partial charge in [-0.3, -0.25) is 14.5 Å². The molecule has 6 rings (SSSR count). The fraction of sp³-hybridized carbons (Fsp3) is 0.297. The summed E-state index contributed by atoms with van der Waals surface area (Å²) in [5, 5.41) is 0.554. The van der Waals surface area contributed by atoms with Crippen LogP contribution in [-0.2, 0) is 19.6 Å². The number of pyridine rings is 1.